The van der Waals surface area contributed by atoms with Gasteiger partial charge in [0.05, 0.1) is 11.4 Å². The number of hydrogen-bond acceptors (Lipinski definition) is 2. The summed E-state index contributed by atoms with van der Waals surface area (Å²) < 4.78 is 1.72. The van der Waals surface area contributed by atoms with E-state index in [1.54, 1.807) is 17.1 Å². The van der Waals surface area contributed by atoms with E-state index in [0.717, 1.165) is 11.4 Å². The van der Waals surface area contributed by atoms with Crippen molar-refractivity contribution in [1.29, 1.82) is 0 Å². The molecule has 2 heterocycles. The average molecular weight is 168 g/mol. The highest BCUT2D eigenvalue weighted by Crippen LogP contribution is 2.21. The molecule has 2 rings (SSSR count). The van der Waals surface area contributed by atoms with Crippen LogP contribution in [-0.2, 0) is 0 Å². The number of nitrogens with zero attached hydrogens (tertiary/aromatic N) is 2. The van der Waals surface area contributed by atoms with Crippen molar-refractivity contribution in [2.24, 2.45) is 4.99 Å². The second kappa shape index (κ2) is 2.13. The third-order valence-corrected chi connectivity index (χ3v) is 1.83. The van der Waals surface area contributed by atoms with Gasteiger partial charge in [-0.2, -0.15) is 0 Å². The van der Waals surface area contributed by atoms with E-state index in [-0.39, 0.29) is 0 Å². The molecule has 3 nitrogen and oxygen atoms in total. The molecular weight excluding hydrogens is 162 g/mol. The highest BCUT2D eigenvalue weighted by atomic mass is 35.5. The van der Waals surface area contributed by atoms with Crippen LogP contribution in [0.5, 0.6) is 0 Å². The molecule has 11 heavy (non-hydrogen) atoms. The summed E-state index contributed by atoms with van der Waals surface area (Å²) in [5, 5.41) is 0.632. The fraction of sp³-hybridized carbons (Fsp3) is 0. The van der Waals surface area contributed by atoms with Crippen molar-refractivity contribution in [2.75, 3.05) is 5.43 Å². The van der Waals surface area contributed by atoms with Gasteiger partial charge in [0.15, 0.2) is 0 Å². The van der Waals surface area contributed by atoms with Gasteiger partial charge in [-0.25, -0.2) is 9.67 Å². The lowest BCUT2D eigenvalue weighted by molar-refractivity contribution is 0.959. The third kappa shape index (κ3) is 0.851. The van der Waals surface area contributed by atoms with E-state index in [0.29, 0.717) is 5.15 Å². The van der Waals surface area contributed by atoms with Gasteiger partial charge >= 0.3 is 0 Å². The first kappa shape index (κ1) is 6.49. The Morgan fingerprint density at radius 3 is 3.09 bits per heavy atom. The van der Waals surface area contributed by atoms with E-state index in [2.05, 4.69) is 17.0 Å². The molecule has 0 saturated heterocycles. The molecule has 0 fully saturated rings. The van der Waals surface area contributed by atoms with Crippen LogP contribution in [0.3, 0.4) is 0 Å². The minimum atomic E-state index is 0.632. The number of fused-ring (bicyclic) bond motifs is 1. The largest absolute Gasteiger partial charge is 0.282 e. The monoisotopic (exact) mass is 167 g/mol. The molecule has 0 amide bonds. The minimum Gasteiger partial charge on any atom is -0.282 e. The molecule has 0 spiro atoms. The van der Waals surface area contributed by atoms with E-state index < -0.39 is 0 Å². The van der Waals surface area contributed by atoms with Gasteiger partial charge < -0.3 is 0 Å². The van der Waals surface area contributed by atoms with Crippen molar-refractivity contribution < 1.29 is 0 Å². The highest BCUT2D eigenvalue weighted by Gasteiger charge is 2.10. The Morgan fingerprint density at radius 1 is 1.55 bits per heavy atom. The first-order chi connectivity index (χ1) is 5.29. The smallest absolute Gasteiger partial charge is 0.129 e. The third-order valence-electron chi connectivity index (χ3n) is 1.54. The van der Waals surface area contributed by atoms with Crippen LogP contribution < -0.4 is 5.43 Å². The summed E-state index contributed by atoms with van der Waals surface area (Å²) >= 11 is 5.82. The maximum Gasteiger partial charge on any atom is 0.129 e. The molecule has 0 saturated carbocycles. The van der Waals surface area contributed by atoms with Gasteiger partial charge in [0.1, 0.15) is 11.5 Å². The summed E-state index contributed by atoms with van der Waals surface area (Å²) in [4.78, 5) is 3.97. The van der Waals surface area contributed by atoms with E-state index >= 15 is 0 Å². The number of hydrogen-bond donors (Lipinski definition) is 1. The van der Waals surface area contributed by atoms with Gasteiger partial charge in [0.2, 0.25) is 0 Å². The predicted octanol–water partition coefficient (Wildman–Crippen LogP) is 1.70. The second-order valence-corrected chi connectivity index (χ2v) is 2.60. The SMILES string of the molecule is C=C1N=CNn2c(Cl)ccc21. The van der Waals surface area contributed by atoms with Crippen molar-refractivity contribution in [3.8, 4) is 0 Å². The molecule has 0 bridgehead atoms. The topological polar surface area (TPSA) is 29.3 Å². The van der Waals surface area contributed by atoms with E-state index in [1.165, 1.54) is 0 Å². The number of rotatable bonds is 0. The van der Waals surface area contributed by atoms with Crippen molar-refractivity contribution in [1.82, 2.24) is 4.68 Å². The Balaban J connectivity index is 2.61. The van der Waals surface area contributed by atoms with Crippen LogP contribution in [0, 0.1) is 0 Å². The van der Waals surface area contributed by atoms with E-state index in [4.69, 9.17) is 11.6 Å². The predicted molar refractivity (Wildman–Crippen MR) is 46.3 cm³/mol. The van der Waals surface area contributed by atoms with Crippen molar-refractivity contribution in [3.63, 3.8) is 0 Å². The molecule has 0 aliphatic carbocycles. The zero-order valence-electron chi connectivity index (χ0n) is 5.71. The summed E-state index contributed by atoms with van der Waals surface area (Å²) in [7, 11) is 0. The molecule has 0 aromatic carbocycles. The summed E-state index contributed by atoms with van der Waals surface area (Å²) in [6.45, 7) is 3.75. The number of aliphatic imine (C=N–C) groups is 1. The molecule has 1 aromatic heterocycles. The van der Waals surface area contributed by atoms with Gasteiger partial charge in [-0.3, -0.25) is 5.43 Å². The fourth-order valence-corrected chi connectivity index (χ4v) is 1.20. The Bertz CT molecular complexity index is 337. The fourth-order valence-electron chi connectivity index (χ4n) is 0.999. The van der Waals surface area contributed by atoms with Crippen LogP contribution in [0.2, 0.25) is 5.15 Å². The van der Waals surface area contributed by atoms with Crippen LogP contribution in [-0.4, -0.2) is 11.0 Å². The number of nitrogens with one attached hydrogen (secondary N) is 1. The van der Waals surface area contributed by atoms with Crippen LogP contribution in [0.15, 0.2) is 23.7 Å². The molecule has 4 heteroatoms. The first-order valence-electron chi connectivity index (χ1n) is 3.14. The Morgan fingerprint density at radius 2 is 2.36 bits per heavy atom. The molecule has 1 aromatic rings. The average Bonchev–Trinajstić information content (AvgIpc) is 2.35. The van der Waals surface area contributed by atoms with Gasteiger partial charge in [-0.15, -0.1) is 0 Å². The van der Waals surface area contributed by atoms with Gasteiger partial charge in [-0.05, 0) is 12.1 Å². The molecule has 1 aliphatic rings. The van der Waals surface area contributed by atoms with Gasteiger partial charge in [-0.1, -0.05) is 18.2 Å². The van der Waals surface area contributed by atoms with Crippen molar-refractivity contribution >= 4 is 23.6 Å². The summed E-state index contributed by atoms with van der Waals surface area (Å²) in [5.74, 6) is 0. The number of halogens is 1. The lowest BCUT2D eigenvalue weighted by Crippen LogP contribution is -2.18. The van der Waals surface area contributed by atoms with Crippen LogP contribution in [0.1, 0.15) is 5.69 Å². The quantitative estimate of drug-likeness (QED) is 0.626. The first-order valence-corrected chi connectivity index (χ1v) is 3.52. The second-order valence-electron chi connectivity index (χ2n) is 2.21. The Hall–Kier alpha value is -1.22. The summed E-state index contributed by atoms with van der Waals surface area (Å²) in [6.07, 6.45) is 1.56. The summed E-state index contributed by atoms with van der Waals surface area (Å²) in [6, 6.07) is 3.66. The van der Waals surface area contributed by atoms with E-state index in [9.17, 15) is 0 Å². The van der Waals surface area contributed by atoms with Gasteiger partial charge in [0, 0.05) is 0 Å². The normalized spacial score (nSPS) is 14.5. The maximum atomic E-state index is 5.82. The van der Waals surface area contributed by atoms with Crippen molar-refractivity contribution in [3.05, 3.63) is 29.6 Å². The van der Waals surface area contributed by atoms with E-state index in [1.807, 2.05) is 6.07 Å². The van der Waals surface area contributed by atoms with Crippen LogP contribution >= 0.6 is 11.6 Å². The van der Waals surface area contributed by atoms with Crippen LogP contribution in [0.25, 0.3) is 5.70 Å². The molecule has 56 valence electrons. The Kier molecular flexibility index (Phi) is 1.26. The molecule has 1 N–H and O–H groups in total. The molecule has 0 atom stereocenters. The Labute approximate surface area is 69.0 Å². The molecular formula is C7H6ClN3. The molecule has 0 unspecified atom stereocenters. The van der Waals surface area contributed by atoms with Crippen LogP contribution in [0.4, 0.5) is 0 Å². The standard InChI is InChI=1S/C7H6ClN3/c1-5-6-2-3-7(8)11(6)10-4-9-5/h2-4H,1H2,(H,9,10). The number of aromatic nitrogens is 1. The minimum absolute atomic E-state index is 0.632. The molecule has 1 aliphatic heterocycles. The lowest BCUT2D eigenvalue weighted by atomic mass is 10.3. The maximum absolute atomic E-state index is 5.82. The van der Waals surface area contributed by atoms with Crippen molar-refractivity contribution in [2.45, 2.75) is 0 Å². The summed E-state index contributed by atoms with van der Waals surface area (Å²) in [5.41, 5.74) is 4.49. The molecule has 0 radical (unpaired) electrons. The lowest BCUT2D eigenvalue weighted by Gasteiger charge is -2.13. The zero-order valence-corrected chi connectivity index (χ0v) is 6.47. The van der Waals surface area contributed by atoms with Gasteiger partial charge in [0.25, 0.3) is 0 Å². The highest BCUT2D eigenvalue weighted by molar-refractivity contribution is 6.30. The zero-order chi connectivity index (χ0) is 7.84.